The molecule has 1 saturated heterocycles. The molecule has 1 aliphatic heterocycles. The zero-order valence-electron chi connectivity index (χ0n) is 11.4. The van der Waals surface area contributed by atoms with Crippen LogP contribution in [0.4, 0.5) is 5.82 Å². The summed E-state index contributed by atoms with van der Waals surface area (Å²) in [4.78, 5) is 11.2. The topological polar surface area (TPSA) is 38.2 Å². The number of hydrogen-bond donors (Lipinski definition) is 0. The van der Waals surface area contributed by atoms with Crippen LogP contribution >= 0.6 is 23.2 Å². The zero-order valence-corrected chi connectivity index (χ0v) is 12.9. The summed E-state index contributed by atoms with van der Waals surface area (Å²) in [6, 6.07) is 3.48. The largest absolute Gasteiger partial charge is 0.372 e. The van der Waals surface area contributed by atoms with Crippen molar-refractivity contribution in [2.45, 2.75) is 12.5 Å². The van der Waals surface area contributed by atoms with Gasteiger partial charge in [-0.2, -0.15) is 0 Å². The van der Waals surface area contributed by atoms with E-state index < -0.39 is 0 Å². The first-order valence-electron chi connectivity index (χ1n) is 6.76. The van der Waals surface area contributed by atoms with Crippen molar-refractivity contribution in [1.29, 1.82) is 0 Å². The van der Waals surface area contributed by atoms with Crippen molar-refractivity contribution >= 4 is 40.1 Å². The predicted octanol–water partition coefficient (Wildman–Crippen LogP) is 3.72. The molecular weight excluding hydrogens is 309 g/mol. The van der Waals surface area contributed by atoms with E-state index in [2.05, 4.69) is 21.4 Å². The Bertz CT molecular complexity index is 677. The molecule has 1 atom stereocenters. The van der Waals surface area contributed by atoms with E-state index in [9.17, 15) is 0 Å². The molecule has 0 radical (unpaired) electrons. The summed E-state index contributed by atoms with van der Waals surface area (Å²) in [5.41, 5.74) is 1.49. The molecule has 1 fully saturated rings. The summed E-state index contributed by atoms with van der Waals surface area (Å²) < 4.78 is 5.68. The Morgan fingerprint density at radius 1 is 1.33 bits per heavy atom. The van der Waals surface area contributed by atoms with E-state index >= 15 is 0 Å². The highest BCUT2D eigenvalue weighted by Gasteiger charge is 2.24. The van der Waals surface area contributed by atoms with Crippen LogP contribution in [0.3, 0.4) is 0 Å². The molecule has 0 bridgehead atoms. The number of halogens is 2. The van der Waals surface area contributed by atoms with Gasteiger partial charge in [-0.25, -0.2) is 4.98 Å². The van der Waals surface area contributed by atoms with Gasteiger partial charge in [-0.3, -0.25) is 4.98 Å². The van der Waals surface area contributed by atoms with Crippen molar-refractivity contribution in [3.05, 3.63) is 41.0 Å². The minimum absolute atomic E-state index is 0.217. The van der Waals surface area contributed by atoms with Crippen LogP contribution in [0.2, 0.25) is 10.0 Å². The Balaban J connectivity index is 1.81. The number of ether oxygens (including phenoxy) is 1. The maximum absolute atomic E-state index is 6.04. The van der Waals surface area contributed by atoms with Crippen LogP contribution < -0.4 is 4.90 Å². The summed E-state index contributed by atoms with van der Waals surface area (Å²) in [6.07, 6.45) is 4.73. The standard InChI is InChI=1S/C15H15Cl2N3O/c1-2-5-21-10-3-4-20(9-10)15-8-18-13-6-11(16)12(17)7-14(13)19-15/h2,6-8,10H,1,3-5,9H2. The van der Waals surface area contributed by atoms with Crippen LogP contribution in [0.15, 0.2) is 31.0 Å². The fourth-order valence-corrected chi connectivity index (χ4v) is 2.74. The van der Waals surface area contributed by atoms with Gasteiger partial charge in [-0.1, -0.05) is 29.3 Å². The molecule has 0 N–H and O–H groups in total. The molecule has 0 aliphatic carbocycles. The van der Waals surface area contributed by atoms with E-state index in [1.807, 2.05) is 0 Å². The monoisotopic (exact) mass is 323 g/mol. The molecule has 21 heavy (non-hydrogen) atoms. The van der Waals surface area contributed by atoms with Crippen molar-refractivity contribution < 1.29 is 4.74 Å². The molecule has 110 valence electrons. The van der Waals surface area contributed by atoms with Crippen molar-refractivity contribution in [3.8, 4) is 0 Å². The third-order valence-electron chi connectivity index (χ3n) is 3.49. The Hall–Kier alpha value is -1.36. The highest BCUT2D eigenvalue weighted by Crippen LogP contribution is 2.28. The van der Waals surface area contributed by atoms with Crippen LogP contribution in [0, 0.1) is 0 Å². The normalized spacial score (nSPS) is 18.4. The lowest BCUT2D eigenvalue weighted by Gasteiger charge is -2.17. The molecule has 0 amide bonds. The van der Waals surface area contributed by atoms with Crippen molar-refractivity contribution in [2.75, 3.05) is 24.6 Å². The molecule has 1 unspecified atom stereocenters. The lowest BCUT2D eigenvalue weighted by atomic mass is 10.3. The minimum Gasteiger partial charge on any atom is -0.372 e. The smallest absolute Gasteiger partial charge is 0.147 e. The van der Waals surface area contributed by atoms with Gasteiger partial charge in [0.1, 0.15) is 5.82 Å². The summed E-state index contributed by atoms with van der Waals surface area (Å²) in [5, 5.41) is 0.981. The van der Waals surface area contributed by atoms with Gasteiger partial charge >= 0.3 is 0 Å². The Labute approximate surface area is 133 Å². The van der Waals surface area contributed by atoms with Gasteiger partial charge in [0, 0.05) is 13.1 Å². The number of aromatic nitrogens is 2. The molecule has 1 aliphatic rings. The maximum Gasteiger partial charge on any atom is 0.147 e. The third-order valence-corrected chi connectivity index (χ3v) is 4.21. The van der Waals surface area contributed by atoms with Crippen LogP contribution in [0.5, 0.6) is 0 Å². The molecule has 0 saturated carbocycles. The second kappa shape index (κ2) is 6.18. The Morgan fingerprint density at radius 2 is 2.10 bits per heavy atom. The van der Waals surface area contributed by atoms with Gasteiger partial charge in [0.25, 0.3) is 0 Å². The first-order valence-corrected chi connectivity index (χ1v) is 7.52. The van der Waals surface area contributed by atoms with Gasteiger partial charge in [0.15, 0.2) is 0 Å². The molecule has 2 heterocycles. The van der Waals surface area contributed by atoms with Gasteiger partial charge in [0.2, 0.25) is 0 Å². The van der Waals surface area contributed by atoms with Gasteiger partial charge in [-0.15, -0.1) is 6.58 Å². The molecule has 1 aromatic heterocycles. The van der Waals surface area contributed by atoms with Crippen molar-refractivity contribution in [1.82, 2.24) is 9.97 Å². The summed E-state index contributed by atoms with van der Waals surface area (Å²) in [6.45, 7) is 5.96. The number of rotatable bonds is 4. The lowest BCUT2D eigenvalue weighted by molar-refractivity contribution is 0.0909. The summed E-state index contributed by atoms with van der Waals surface area (Å²) in [5.74, 6) is 0.839. The second-order valence-corrected chi connectivity index (χ2v) is 5.78. The van der Waals surface area contributed by atoms with E-state index in [4.69, 9.17) is 27.9 Å². The molecule has 3 rings (SSSR count). The molecule has 1 aromatic carbocycles. The first kappa shape index (κ1) is 14.6. The Morgan fingerprint density at radius 3 is 2.86 bits per heavy atom. The van der Waals surface area contributed by atoms with E-state index in [0.717, 1.165) is 36.4 Å². The first-order chi connectivity index (χ1) is 10.2. The number of benzene rings is 1. The number of fused-ring (bicyclic) bond motifs is 1. The highest BCUT2D eigenvalue weighted by atomic mass is 35.5. The molecule has 4 nitrogen and oxygen atoms in total. The van der Waals surface area contributed by atoms with Crippen LogP contribution in [0.25, 0.3) is 11.0 Å². The van der Waals surface area contributed by atoms with E-state index in [0.29, 0.717) is 16.7 Å². The summed E-state index contributed by atoms with van der Waals surface area (Å²) >= 11 is 12.0. The molecule has 6 heteroatoms. The molecule has 0 spiro atoms. The van der Waals surface area contributed by atoms with E-state index in [1.54, 1.807) is 24.4 Å². The third kappa shape index (κ3) is 3.12. The highest BCUT2D eigenvalue weighted by molar-refractivity contribution is 6.42. The number of nitrogens with zero attached hydrogens (tertiary/aromatic N) is 3. The quantitative estimate of drug-likeness (QED) is 0.804. The van der Waals surface area contributed by atoms with Crippen molar-refractivity contribution in [2.24, 2.45) is 0 Å². The second-order valence-electron chi connectivity index (χ2n) is 4.96. The van der Waals surface area contributed by atoms with Gasteiger partial charge in [0.05, 0.1) is 40.0 Å². The maximum atomic E-state index is 6.04. The predicted molar refractivity (Wildman–Crippen MR) is 86.3 cm³/mol. The molecule has 2 aromatic rings. The minimum atomic E-state index is 0.217. The van der Waals surface area contributed by atoms with Crippen LogP contribution in [0.1, 0.15) is 6.42 Å². The SMILES string of the molecule is C=CCOC1CCN(c2cnc3cc(Cl)c(Cl)cc3n2)C1. The van der Waals surface area contributed by atoms with Crippen molar-refractivity contribution in [3.63, 3.8) is 0 Å². The van der Waals surface area contributed by atoms with E-state index in [-0.39, 0.29) is 6.10 Å². The lowest BCUT2D eigenvalue weighted by Crippen LogP contribution is -2.23. The number of hydrogen-bond acceptors (Lipinski definition) is 4. The fourth-order valence-electron chi connectivity index (χ4n) is 2.43. The Kier molecular flexibility index (Phi) is 4.29. The fraction of sp³-hybridized carbons (Fsp3) is 0.333. The van der Waals surface area contributed by atoms with Crippen LogP contribution in [-0.4, -0.2) is 35.8 Å². The van der Waals surface area contributed by atoms with E-state index in [1.165, 1.54) is 0 Å². The molecular formula is C15H15Cl2N3O. The average molecular weight is 324 g/mol. The van der Waals surface area contributed by atoms with Gasteiger partial charge < -0.3 is 9.64 Å². The number of anilines is 1. The van der Waals surface area contributed by atoms with Gasteiger partial charge in [-0.05, 0) is 18.6 Å². The average Bonchev–Trinajstić information content (AvgIpc) is 2.95. The van der Waals surface area contributed by atoms with Crippen LogP contribution in [-0.2, 0) is 4.74 Å². The zero-order chi connectivity index (χ0) is 14.8. The summed E-state index contributed by atoms with van der Waals surface area (Å²) in [7, 11) is 0.